The number of carbonyl (C=O) groups excluding carboxylic acids is 11. The number of phenolic OH excluding ortho intramolecular Hbond substituents is 2. The number of oxime groups is 1. The van der Waals surface area contributed by atoms with E-state index in [-0.39, 0.29) is 117 Å². The van der Waals surface area contributed by atoms with Crippen LogP contribution in [-0.2, 0) is 77.5 Å². The molecule has 10 amide bonds. The lowest BCUT2D eigenvalue weighted by atomic mass is 9.77. The lowest BCUT2D eigenvalue weighted by molar-refractivity contribution is -0.151. The molecular formula is C76H86F5N13O23S. The van der Waals surface area contributed by atoms with Gasteiger partial charge in [-0.25, -0.2) is 26.7 Å². The normalized spacial score (nSPS) is 19.8. The van der Waals surface area contributed by atoms with Gasteiger partial charge >= 0.3 is 23.9 Å². The zero-order valence-corrected chi connectivity index (χ0v) is 64.2. The van der Waals surface area contributed by atoms with E-state index in [0.29, 0.717) is 41.6 Å². The first-order valence-electron chi connectivity index (χ1n) is 37.8. The second kappa shape index (κ2) is 38.1. The molecule has 0 saturated carbocycles. The molecular weight excluding hydrogens is 1590 g/mol. The summed E-state index contributed by atoms with van der Waals surface area (Å²) in [5.41, 5.74) is 4.29. The van der Waals surface area contributed by atoms with E-state index < -0.39 is 235 Å². The number of carboxylic acids is 3. The first kappa shape index (κ1) is 88.0. The van der Waals surface area contributed by atoms with Crippen LogP contribution in [0.15, 0.2) is 59.8 Å². The SMILES string of the molecule is C[C@H](NC(=O)[C@@H](NC(=O)[C@@H]1CCCN1C(=O)[C@H](CCC(=O)O)NC(=O)[C@@H]1CCCN1C(=O)CCCCNC(=S)Nc1ccc2c(c1)C1(OC2=O)c2ccc(O)cc2Oc2cc(O)ccc21)[C@@H](C)O)C(=O)N1CCCCC1C(=O)N1C[C@H](O/N=C\c2c(F)c(F)c(F)c(F)c2F)C[C@H]1C(=O)N[C@@H](CCC(=O)O)C(=O)N[C@@H](CCC(=O)O)C(N)=O. The van der Waals surface area contributed by atoms with Crippen LogP contribution in [0.4, 0.5) is 27.6 Å². The van der Waals surface area contributed by atoms with Crippen LogP contribution in [0.5, 0.6) is 23.0 Å². The summed E-state index contributed by atoms with van der Waals surface area (Å²) < 4.78 is 83.6. The standard InChI is InChI=1S/C76H86F5N13O23S/c1-35(71(111)93-26-6-4-9-51(93)73(113)94-34-40(117-84-33-42-59(77)61(79)63(81)62(80)60(42)78)32-52(94)69(109)88-47(20-23-57(101)102)66(106)87-46(65(82)105)19-22-56(99)100)85-70(110)64(36(2)95)90-68(108)50-11-8-28-92(50)72(112)48(21-24-58(103)104)89-67(107)49-10-7-27-91(49)55(98)12-3-5-25-83-75(118)86-37-13-16-41-45(29-37)76(116-74(41)114)43-17-14-38(96)30-53(43)115-54-31-39(97)15-18-44(54)76/h13-18,29-31,33,35-36,40,46-52,64,95-97H,3-12,19-28,32,34H2,1-2H3,(H2,82,105)(H,85,110)(H,87,106)(H,88,109)(H,89,107)(H,90,108)(H,99,100)(H,101,102)(H,103,104)(H2,83,86,118)/b84-33-/t35-,36+,40+,46-,47-,48-,49-,50-,51?,52-,64-/m0/s1. The summed E-state index contributed by atoms with van der Waals surface area (Å²) in [7, 11) is 0. The number of hydrogen-bond acceptors (Lipinski definition) is 22. The number of nitrogens with one attached hydrogen (secondary N) is 7. The average Bonchev–Trinajstić information content (AvgIpc) is 1.48. The number of halogens is 5. The Balaban J connectivity index is 0.745. The number of aromatic hydroxyl groups is 2. The van der Waals surface area contributed by atoms with Crippen molar-refractivity contribution in [3.63, 3.8) is 0 Å². The number of thiocarbonyl (C=S) groups is 1. The molecule has 42 heteroatoms. The molecule has 634 valence electrons. The Morgan fingerprint density at radius 3 is 1.76 bits per heavy atom. The van der Waals surface area contributed by atoms with Gasteiger partial charge in [0, 0.05) is 92.8 Å². The number of nitrogens with zero attached hydrogens (tertiary/aromatic N) is 5. The van der Waals surface area contributed by atoms with Crippen molar-refractivity contribution in [3.05, 3.63) is 112 Å². The number of fused-ring (bicyclic) bond motifs is 6. The fourth-order valence-corrected chi connectivity index (χ4v) is 15.4. The van der Waals surface area contributed by atoms with E-state index in [0.717, 1.165) is 21.6 Å². The second-order valence-electron chi connectivity index (χ2n) is 29.1. The lowest BCUT2D eigenvalue weighted by Gasteiger charge is -2.39. The molecule has 0 aromatic heterocycles. The molecule has 36 nitrogen and oxygen atoms in total. The molecule has 6 aliphatic heterocycles. The molecule has 6 heterocycles. The molecule has 6 aliphatic rings. The number of unbranched alkanes of at least 4 members (excludes halogenated alkanes) is 1. The molecule has 1 unspecified atom stereocenters. The minimum absolute atomic E-state index is 0.0117. The highest BCUT2D eigenvalue weighted by molar-refractivity contribution is 7.80. The lowest BCUT2D eigenvalue weighted by Crippen LogP contribution is -2.62. The van der Waals surface area contributed by atoms with Gasteiger partial charge in [-0.1, -0.05) is 5.16 Å². The smallest absolute Gasteiger partial charge is 0.340 e. The highest BCUT2D eigenvalue weighted by Crippen LogP contribution is 2.57. The number of ether oxygens (including phenoxy) is 2. The number of amides is 10. The number of aliphatic hydroxyl groups excluding tert-OH is 1. The molecule has 10 rings (SSSR count). The van der Waals surface area contributed by atoms with Crippen molar-refractivity contribution in [2.75, 3.05) is 38.0 Å². The molecule has 4 aromatic carbocycles. The van der Waals surface area contributed by atoms with E-state index in [1.54, 1.807) is 30.3 Å². The topological polar surface area (TPSA) is 524 Å². The molecule has 15 N–H and O–H groups in total. The van der Waals surface area contributed by atoms with Gasteiger partial charge < -0.3 is 108 Å². The largest absolute Gasteiger partial charge is 0.508 e. The number of primary amides is 1. The maximum absolute atomic E-state index is 15.0. The van der Waals surface area contributed by atoms with Crippen LogP contribution in [0, 0.1) is 29.1 Å². The van der Waals surface area contributed by atoms with Crippen LogP contribution < -0.4 is 47.7 Å². The van der Waals surface area contributed by atoms with Crippen molar-refractivity contribution in [1.29, 1.82) is 0 Å². The van der Waals surface area contributed by atoms with Crippen LogP contribution in [0.1, 0.15) is 156 Å². The number of rotatable bonds is 33. The summed E-state index contributed by atoms with van der Waals surface area (Å²) in [6.07, 6.45) is -5.71. The third-order valence-electron chi connectivity index (χ3n) is 21.0. The fourth-order valence-electron chi connectivity index (χ4n) is 15.1. The van der Waals surface area contributed by atoms with E-state index in [1.807, 2.05) is 0 Å². The monoisotopic (exact) mass is 1680 g/mol. The van der Waals surface area contributed by atoms with Gasteiger partial charge in [-0.05, 0) is 146 Å². The van der Waals surface area contributed by atoms with Crippen LogP contribution in [0.2, 0.25) is 0 Å². The number of nitrogens with two attached hydrogens (primary N) is 1. The Morgan fingerprint density at radius 2 is 1.15 bits per heavy atom. The summed E-state index contributed by atoms with van der Waals surface area (Å²) in [4.78, 5) is 199. The highest BCUT2D eigenvalue weighted by Gasteiger charge is 2.55. The molecule has 4 fully saturated rings. The van der Waals surface area contributed by atoms with Crippen LogP contribution in [0.25, 0.3) is 0 Å². The minimum Gasteiger partial charge on any atom is -0.508 e. The van der Waals surface area contributed by atoms with Gasteiger partial charge in [0.1, 0.15) is 83.5 Å². The number of aliphatic hydroxyl groups is 1. The molecule has 0 radical (unpaired) electrons. The Morgan fingerprint density at radius 1 is 0.610 bits per heavy atom. The van der Waals surface area contributed by atoms with Crippen molar-refractivity contribution in [3.8, 4) is 23.0 Å². The van der Waals surface area contributed by atoms with E-state index in [9.17, 15) is 120 Å². The Hall–Kier alpha value is -12.4. The van der Waals surface area contributed by atoms with Crippen molar-refractivity contribution in [2.24, 2.45) is 10.9 Å². The summed E-state index contributed by atoms with van der Waals surface area (Å²) in [6, 6.07) is -0.618. The van der Waals surface area contributed by atoms with Gasteiger partial charge in [0.2, 0.25) is 64.9 Å². The van der Waals surface area contributed by atoms with Crippen molar-refractivity contribution < 1.29 is 134 Å². The Labute approximate surface area is 673 Å². The van der Waals surface area contributed by atoms with Gasteiger partial charge in [-0.2, -0.15) is 0 Å². The van der Waals surface area contributed by atoms with Crippen molar-refractivity contribution in [1.82, 2.24) is 51.5 Å². The zero-order valence-electron chi connectivity index (χ0n) is 63.4. The summed E-state index contributed by atoms with van der Waals surface area (Å²) >= 11 is 5.62. The summed E-state index contributed by atoms with van der Waals surface area (Å²) in [5, 5.41) is 81.8. The number of hydrogen-bond donors (Lipinski definition) is 14. The molecule has 118 heavy (non-hydrogen) atoms. The van der Waals surface area contributed by atoms with Gasteiger partial charge in [0.25, 0.3) is 0 Å². The highest BCUT2D eigenvalue weighted by atomic mass is 32.1. The molecule has 4 saturated heterocycles. The molecule has 1 spiro atoms. The van der Waals surface area contributed by atoms with Crippen molar-refractivity contribution >= 4 is 112 Å². The quantitative estimate of drug-likeness (QED) is 0.00475. The zero-order chi connectivity index (χ0) is 85.9. The van der Waals surface area contributed by atoms with E-state index in [1.165, 1.54) is 36.1 Å². The summed E-state index contributed by atoms with van der Waals surface area (Å²) in [5.74, 6) is -26.3. The minimum atomic E-state index is -2.49. The first-order chi connectivity index (χ1) is 56.0. The van der Waals surface area contributed by atoms with Gasteiger partial charge in [-0.15, -0.1) is 0 Å². The first-order valence-corrected chi connectivity index (χ1v) is 38.2. The molecule has 0 bridgehead atoms. The second-order valence-corrected chi connectivity index (χ2v) is 29.5. The number of aliphatic carboxylic acids is 3. The number of piperidine rings is 1. The van der Waals surface area contributed by atoms with Crippen molar-refractivity contribution in [2.45, 2.75) is 195 Å². The van der Waals surface area contributed by atoms with Gasteiger partial charge in [-0.3, -0.25) is 62.3 Å². The number of carbonyl (C=O) groups is 14. The number of benzene rings is 4. The van der Waals surface area contributed by atoms with Gasteiger partial charge in [0.15, 0.2) is 34.0 Å². The molecule has 0 aliphatic carbocycles. The number of esters is 1. The van der Waals surface area contributed by atoms with E-state index >= 15 is 0 Å². The Bertz CT molecular complexity index is 4620. The van der Waals surface area contributed by atoms with Crippen LogP contribution in [-0.4, -0.2) is 244 Å². The van der Waals surface area contributed by atoms with Gasteiger partial charge in [0.05, 0.1) is 30.0 Å². The number of anilines is 1. The predicted molar refractivity (Wildman–Crippen MR) is 401 cm³/mol. The Kier molecular flexibility index (Phi) is 28.4. The molecule has 4 aromatic rings. The van der Waals surface area contributed by atoms with Crippen LogP contribution in [0.3, 0.4) is 0 Å². The third kappa shape index (κ3) is 20.0. The van der Waals surface area contributed by atoms with E-state index in [4.69, 9.17) is 32.3 Å². The summed E-state index contributed by atoms with van der Waals surface area (Å²) in [6.45, 7) is 1.79. The predicted octanol–water partition coefficient (Wildman–Crippen LogP) is 2.11. The third-order valence-corrected chi connectivity index (χ3v) is 21.3. The maximum Gasteiger partial charge on any atom is 0.340 e. The number of likely N-dealkylation sites (tertiary alicyclic amines) is 4. The number of carboxylic acid groups (broad SMARTS) is 3. The van der Waals surface area contributed by atoms with E-state index in [2.05, 4.69) is 42.4 Å². The fraction of sp³-hybridized carbons (Fsp3) is 0.474. The number of phenols is 2. The van der Waals surface area contributed by atoms with Crippen LogP contribution >= 0.6 is 12.2 Å². The maximum atomic E-state index is 15.0. The average molecular weight is 1680 g/mol. The molecule has 11 atom stereocenters.